The normalized spacial score (nSPS) is 14.6. The number of hydrogen-bond donors (Lipinski definition) is 1. The predicted octanol–water partition coefficient (Wildman–Crippen LogP) is 3.70. The van der Waals surface area contributed by atoms with E-state index in [0.29, 0.717) is 23.6 Å². The molecule has 1 saturated heterocycles. The molecular formula is C23H26N2O2. The van der Waals surface area contributed by atoms with Crippen LogP contribution in [0.5, 0.6) is 0 Å². The molecule has 140 valence electrons. The fourth-order valence-corrected chi connectivity index (χ4v) is 3.50. The highest BCUT2D eigenvalue weighted by molar-refractivity contribution is 5.97. The van der Waals surface area contributed by atoms with Crippen molar-refractivity contribution in [3.63, 3.8) is 0 Å². The molecule has 0 radical (unpaired) electrons. The SMILES string of the molecule is C=CCNC(=O)c1ccc(C(=O)N2CCC(Cc3ccccc3)CC2)cc1. The number of piperidine rings is 1. The summed E-state index contributed by atoms with van der Waals surface area (Å²) >= 11 is 0. The fraction of sp³-hybridized carbons (Fsp3) is 0.304. The lowest BCUT2D eigenvalue weighted by Gasteiger charge is -2.32. The van der Waals surface area contributed by atoms with E-state index in [-0.39, 0.29) is 11.8 Å². The third kappa shape index (κ3) is 5.07. The van der Waals surface area contributed by atoms with E-state index in [2.05, 4.69) is 36.2 Å². The van der Waals surface area contributed by atoms with Gasteiger partial charge in [0.15, 0.2) is 0 Å². The van der Waals surface area contributed by atoms with Gasteiger partial charge in [-0.05, 0) is 55.0 Å². The zero-order valence-corrected chi connectivity index (χ0v) is 15.6. The molecule has 1 aliphatic rings. The lowest BCUT2D eigenvalue weighted by atomic mass is 9.90. The molecule has 0 aromatic heterocycles. The van der Waals surface area contributed by atoms with Crippen LogP contribution in [0.15, 0.2) is 67.3 Å². The highest BCUT2D eigenvalue weighted by Crippen LogP contribution is 2.23. The van der Waals surface area contributed by atoms with Crippen molar-refractivity contribution in [2.45, 2.75) is 19.3 Å². The molecule has 4 nitrogen and oxygen atoms in total. The molecule has 1 aliphatic heterocycles. The van der Waals surface area contributed by atoms with Crippen LogP contribution in [0, 0.1) is 5.92 Å². The first-order chi connectivity index (χ1) is 13.2. The molecule has 2 amide bonds. The van der Waals surface area contributed by atoms with Crippen molar-refractivity contribution in [2.24, 2.45) is 5.92 Å². The number of rotatable bonds is 6. The van der Waals surface area contributed by atoms with Gasteiger partial charge in [-0.2, -0.15) is 0 Å². The first-order valence-corrected chi connectivity index (χ1v) is 9.49. The van der Waals surface area contributed by atoms with E-state index >= 15 is 0 Å². The molecule has 1 N–H and O–H groups in total. The minimum Gasteiger partial charge on any atom is -0.349 e. The number of hydrogen-bond acceptors (Lipinski definition) is 2. The number of likely N-dealkylation sites (tertiary alicyclic amines) is 1. The molecule has 0 aliphatic carbocycles. The van der Waals surface area contributed by atoms with Gasteiger partial charge >= 0.3 is 0 Å². The molecule has 0 spiro atoms. The first kappa shape index (κ1) is 18.9. The van der Waals surface area contributed by atoms with Crippen molar-refractivity contribution in [1.29, 1.82) is 0 Å². The van der Waals surface area contributed by atoms with Crippen molar-refractivity contribution in [1.82, 2.24) is 10.2 Å². The highest BCUT2D eigenvalue weighted by atomic mass is 16.2. The van der Waals surface area contributed by atoms with E-state index in [1.807, 2.05) is 11.0 Å². The van der Waals surface area contributed by atoms with Crippen LogP contribution in [0.1, 0.15) is 39.1 Å². The van der Waals surface area contributed by atoms with Crippen LogP contribution in [-0.2, 0) is 6.42 Å². The van der Waals surface area contributed by atoms with E-state index in [9.17, 15) is 9.59 Å². The number of carbonyl (C=O) groups is 2. The molecular weight excluding hydrogens is 336 g/mol. The van der Waals surface area contributed by atoms with E-state index in [1.165, 1.54) is 5.56 Å². The third-order valence-corrected chi connectivity index (χ3v) is 5.07. The Morgan fingerprint density at radius 1 is 1.00 bits per heavy atom. The zero-order chi connectivity index (χ0) is 19.1. The van der Waals surface area contributed by atoms with Gasteiger partial charge in [0.2, 0.25) is 0 Å². The zero-order valence-electron chi connectivity index (χ0n) is 15.6. The molecule has 4 heteroatoms. The Kier molecular flexibility index (Phi) is 6.42. The minimum absolute atomic E-state index is 0.0474. The van der Waals surface area contributed by atoms with Crippen molar-refractivity contribution < 1.29 is 9.59 Å². The molecule has 3 rings (SSSR count). The minimum atomic E-state index is -0.157. The van der Waals surface area contributed by atoms with Crippen molar-refractivity contribution in [3.05, 3.63) is 83.9 Å². The summed E-state index contributed by atoms with van der Waals surface area (Å²) in [7, 11) is 0. The molecule has 0 unspecified atom stereocenters. The Hall–Kier alpha value is -2.88. The number of carbonyl (C=O) groups excluding carboxylic acids is 2. The number of benzene rings is 2. The summed E-state index contributed by atoms with van der Waals surface area (Å²) < 4.78 is 0. The van der Waals surface area contributed by atoms with Gasteiger partial charge in [-0.3, -0.25) is 9.59 Å². The molecule has 0 bridgehead atoms. The van der Waals surface area contributed by atoms with Crippen molar-refractivity contribution >= 4 is 11.8 Å². The monoisotopic (exact) mass is 362 g/mol. The summed E-state index contributed by atoms with van der Waals surface area (Å²) in [6.45, 7) is 5.59. The summed E-state index contributed by atoms with van der Waals surface area (Å²) in [5.74, 6) is 0.522. The van der Waals surface area contributed by atoms with Crippen LogP contribution < -0.4 is 5.32 Å². The van der Waals surface area contributed by atoms with Gasteiger partial charge in [-0.25, -0.2) is 0 Å². The maximum absolute atomic E-state index is 12.7. The Balaban J connectivity index is 1.53. The molecule has 2 aromatic carbocycles. The molecule has 27 heavy (non-hydrogen) atoms. The molecule has 0 saturated carbocycles. The molecule has 2 aromatic rings. The van der Waals surface area contributed by atoms with Gasteiger partial charge in [0.1, 0.15) is 0 Å². The molecule has 1 fully saturated rings. The largest absolute Gasteiger partial charge is 0.349 e. The van der Waals surface area contributed by atoms with Gasteiger partial charge in [0.05, 0.1) is 0 Å². The quantitative estimate of drug-likeness (QED) is 0.797. The summed E-state index contributed by atoms with van der Waals surface area (Å²) in [4.78, 5) is 26.6. The van der Waals surface area contributed by atoms with Crippen LogP contribution in [0.25, 0.3) is 0 Å². The van der Waals surface area contributed by atoms with Gasteiger partial charge < -0.3 is 10.2 Å². The topological polar surface area (TPSA) is 49.4 Å². The number of nitrogens with zero attached hydrogens (tertiary/aromatic N) is 1. The second-order valence-corrected chi connectivity index (χ2v) is 7.00. The third-order valence-electron chi connectivity index (χ3n) is 5.07. The number of amides is 2. The summed E-state index contributed by atoms with van der Waals surface area (Å²) in [6, 6.07) is 17.4. The van der Waals surface area contributed by atoms with Gasteiger partial charge in [-0.15, -0.1) is 6.58 Å². The van der Waals surface area contributed by atoms with Gasteiger partial charge in [-0.1, -0.05) is 36.4 Å². The Labute approximate surface area is 160 Å². The molecule has 1 heterocycles. The Bertz CT molecular complexity index is 776. The lowest BCUT2D eigenvalue weighted by Crippen LogP contribution is -2.38. The summed E-state index contributed by atoms with van der Waals surface area (Å²) in [6.07, 6.45) is 4.78. The maximum Gasteiger partial charge on any atom is 0.253 e. The number of nitrogens with one attached hydrogen (secondary N) is 1. The van der Waals surface area contributed by atoms with Crippen LogP contribution in [-0.4, -0.2) is 36.3 Å². The second kappa shape index (κ2) is 9.17. The van der Waals surface area contributed by atoms with Crippen LogP contribution in [0.3, 0.4) is 0 Å². The lowest BCUT2D eigenvalue weighted by molar-refractivity contribution is 0.0690. The Morgan fingerprint density at radius 3 is 2.26 bits per heavy atom. The van der Waals surface area contributed by atoms with E-state index in [1.54, 1.807) is 30.3 Å². The van der Waals surface area contributed by atoms with E-state index in [0.717, 1.165) is 32.4 Å². The van der Waals surface area contributed by atoms with Crippen molar-refractivity contribution in [3.8, 4) is 0 Å². The van der Waals surface area contributed by atoms with E-state index < -0.39 is 0 Å². The van der Waals surface area contributed by atoms with Gasteiger partial charge in [0, 0.05) is 30.8 Å². The predicted molar refractivity (Wildman–Crippen MR) is 108 cm³/mol. The maximum atomic E-state index is 12.7. The molecule has 0 atom stereocenters. The van der Waals surface area contributed by atoms with Crippen LogP contribution >= 0.6 is 0 Å². The summed E-state index contributed by atoms with van der Waals surface area (Å²) in [5.41, 5.74) is 2.55. The van der Waals surface area contributed by atoms with Gasteiger partial charge in [0.25, 0.3) is 11.8 Å². The van der Waals surface area contributed by atoms with Crippen LogP contribution in [0.2, 0.25) is 0 Å². The van der Waals surface area contributed by atoms with Crippen LogP contribution in [0.4, 0.5) is 0 Å². The first-order valence-electron chi connectivity index (χ1n) is 9.49. The summed E-state index contributed by atoms with van der Waals surface area (Å²) in [5, 5.41) is 2.73. The Morgan fingerprint density at radius 2 is 1.63 bits per heavy atom. The average molecular weight is 362 g/mol. The van der Waals surface area contributed by atoms with Crippen molar-refractivity contribution in [2.75, 3.05) is 19.6 Å². The second-order valence-electron chi connectivity index (χ2n) is 7.00. The highest BCUT2D eigenvalue weighted by Gasteiger charge is 2.23. The van der Waals surface area contributed by atoms with E-state index in [4.69, 9.17) is 0 Å². The fourth-order valence-electron chi connectivity index (χ4n) is 3.50. The standard InChI is InChI=1S/C23H26N2O2/c1-2-14-24-22(26)20-8-10-21(11-9-20)23(27)25-15-12-19(13-16-25)17-18-6-4-3-5-7-18/h2-11,19H,1,12-17H2,(H,24,26). The average Bonchev–Trinajstić information content (AvgIpc) is 2.73. The smallest absolute Gasteiger partial charge is 0.253 e.